The molecule has 84 valence electrons. The molecule has 0 aliphatic heterocycles. The third-order valence-corrected chi connectivity index (χ3v) is 2.35. The highest BCUT2D eigenvalue weighted by atomic mass is 16.5. The van der Waals surface area contributed by atoms with Crippen molar-refractivity contribution < 1.29 is 14.3 Å². The van der Waals surface area contributed by atoms with Gasteiger partial charge in [0.25, 0.3) is 0 Å². The smallest absolute Gasteiger partial charge is 0.305 e. The van der Waals surface area contributed by atoms with E-state index in [4.69, 9.17) is 4.74 Å². The summed E-state index contributed by atoms with van der Waals surface area (Å²) in [5.41, 5.74) is 0. The molecule has 0 amide bonds. The first-order valence-corrected chi connectivity index (χ1v) is 5.34. The van der Waals surface area contributed by atoms with Gasteiger partial charge in [0.15, 0.2) is 0 Å². The first kappa shape index (κ1) is 13.4. The maximum Gasteiger partial charge on any atom is 0.305 e. The zero-order chi connectivity index (χ0) is 10.8. The van der Waals surface area contributed by atoms with Crippen molar-refractivity contribution in [2.24, 2.45) is 0 Å². The number of methoxy groups -OCH3 is 2. The van der Waals surface area contributed by atoms with Crippen molar-refractivity contribution in [3.8, 4) is 0 Å². The second-order valence-electron chi connectivity index (χ2n) is 3.47. The van der Waals surface area contributed by atoms with Crippen molar-refractivity contribution in [1.29, 1.82) is 0 Å². The summed E-state index contributed by atoms with van der Waals surface area (Å²) in [6.45, 7) is 2.17. The molecule has 3 heteroatoms. The molecule has 0 fully saturated rings. The summed E-state index contributed by atoms with van der Waals surface area (Å²) in [6.07, 6.45) is 6.09. The summed E-state index contributed by atoms with van der Waals surface area (Å²) >= 11 is 0. The summed E-state index contributed by atoms with van der Waals surface area (Å²) < 4.78 is 9.88. The van der Waals surface area contributed by atoms with E-state index >= 15 is 0 Å². The average Bonchev–Trinajstić information content (AvgIpc) is 2.22. The molecule has 0 heterocycles. The predicted molar refractivity (Wildman–Crippen MR) is 56.2 cm³/mol. The van der Waals surface area contributed by atoms with Crippen molar-refractivity contribution in [2.45, 2.75) is 51.6 Å². The monoisotopic (exact) mass is 202 g/mol. The van der Waals surface area contributed by atoms with E-state index in [-0.39, 0.29) is 5.97 Å². The molecule has 0 rings (SSSR count). The first-order chi connectivity index (χ1) is 6.74. The van der Waals surface area contributed by atoms with Crippen molar-refractivity contribution >= 4 is 5.97 Å². The number of carbonyl (C=O) groups is 1. The first-order valence-electron chi connectivity index (χ1n) is 5.34. The van der Waals surface area contributed by atoms with E-state index in [0.717, 1.165) is 19.3 Å². The minimum absolute atomic E-state index is 0.129. The lowest BCUT2D eigenvalue weighted by atomic mass is 10.1. The number of ether oxygens (including phenoxy) is 2. The summed E-state index contributed by atoms with van der Waals surface area (Å²) in [6, 6.07) is 0. The Balaban J connectivity index is 3.46. The number of unbranched alkanes of at least 4 members (excludes halogenated alkanes) is 1. The fourth-order valence-corrected chi connectivity index (χ4v) is 1.39. The van der Waals surface area contributed by atoms with Crippen molar-refractivity contribution in [3.05, 3.63) is 0 Å². The van der Waals surface area contributed by atoms with Crippen LogP contribution in [0.2, 0.25) is 0 Å². The Morgan fingerprint density at radius 3 is 2.36 bits per heavy atom. The summed E-state index contributed by atoms with van der Waals surface area (Å²) in [7, 11) is 3.16. The molecule has 1 atom stereocenters. The highest BCUT2D eigenvalue weighted by molar-refractivity contribution is 5.68. The number of carbonyl (C=O) groups excluding carboxylic acids is 1. The van der Waals surface area contributed by atoms with Gasteiger partial charge >= 0.3 is 5.97 Å². The third-order valence-electron chi connectivity index (χ3n) is 2.35. The van der Waals surface area contributed by atoms with Gasteiger partial charge in [-0.15, -0.1) is 0 Å². The minimum atomic E-state index is -0.129. The molecular formula is C11H22O3. The standard InChI is InChI=1S/C11H22O3/c1-4-5-7-10(13-2)8-6-9-11(12)14-3/h10H,4-9H2,1-3H3/t10-/m0/s1. The Kier molecular flexibility index (Phi) is 8.64. The van der Waals surface area contributed by atoms with E-state index in [1.165, 1.54) is 20.0 Å². The molecule has 0 aromatic heterocycles. The molecule has 0 aromatic rings. The lowest BCUT2D eigenvalue weighted by Gasteiger charge is -2.13. The minimum Gasteiger partial charge on any atom is -0.469 e. The van der Waals surface area contributed by atoms with Crippen molar-refractivity contribution in [2.75, 3.05) is 14.2 Å². The molecule has 0 aromatic carbocycles. The Morgan fingerprint density at radius 1 is 1.21 bits per heavy atom. The highest BCUT2D eigenvalue weighted by Crippen LogP contribution is 2.11. The van der Waals surface area contributed by atoms with Crippen molar-refractivity contribution in [3.63, 3.8) is 0 Å². The van der Waals surface area contributed by atoms with Gasteiger partial charge in [0.05, 0.1) is 13.2 Å². The quantitative estimate of drug-likeness (QED) is 0.567. The van der Waals surface area contributed by atoms with E-state index in [0.29, 0.717) is 12.5 Å². The van der Waals surface area contributed by atoms with E-state index in [1.54, 1.807) is 7.11 Å². The summed E-state index contributed by atoms with van der Waals surface area (Å²) in [5, 5.41) is 0. The van der Waals surface area contributed by atoms with Crippen LogP contribution in [0.15, 0.2) is 0 Å². The molecule has 0 spiro atoms. The maximum absolute atomic E-state index is 10.8. The fraction of sp³-hybridized carbons (Fsp3) is 0.909. The van der Waals surface area contributed by atoms with Crippen LogP contribution in [0.5, 0.6) is 0 Å². The van der Waals surface area contributed by atoms with Gasteiger partial charge in [-0.3, -0.25) is 4.79 Å². The van der Waals surface area contributed by atoms with Gasteiger partial charge < -0.3 is 9.47 Å². The van der Waals surface area contributed by atoms with Crippen LogP contribution in [0, 0.1) is 0 Å². The molecule has 0 saturated heterocycles. The number of esters is 1. The molecule has 0 N–H and O–H groups in total. The number of hydrogen-bond donors (Lipinski definition) is 0. The highest BCUT2D eigenvalue weighted by Gasteiger charge is 2.08. The lowest BCUT2D eigenvalue weighted by Crippen LogP contribution is -2.11. The van der Waals surface area contributed by atoms with E-state index in [9.17, 15) is 4.79 Å². The van der Waals surface area contributed by atoms with Gasteiger partial charge in [0.1, 0.15) is 0 Å². The van der Waals surface area contributed by atoms with Crippen LogP contribution < -0.4 is 0 Å². The topological polar surface area (TPSA) is 35.5 Å². The largest absolute Gasteiger partial charge is 0.469 e. The lowest BCUT2D eigenvalue weighted by molar-refractivity contribution is -0.140. The van der Waals surface area contributed by atoms with Crippen LogP contribution >= 0.6 is 0 Å². The summed E-state index contributed by atoms with van der Waals surface area (Å²) in [4.78, 5) is 10.8. The summed E-state index contributed by atoms with van der Waals surface area (Å²) in [5.74, 6) is -0.129. The van der Waals surface area contributed by atoms with Gasteiger partial charge in [-0.1, -0.05) is 19.8 Å². The Morgan fingerprint density at radius 2 is 1.86 bits per heavy atom. The Bertz CT molecular complexity index is 145. The molecule has 0 saturated carbocycles. The van der Waals surface area contributed by atoms with Gasteiger partial charge in [0, 0.05) is 13.5 Å². The van der Waals surface area contributed by atoms with Crippen LogP contribution in [0.25, 0.3) is 0 Å². The van der Waals surface area contributed by atoms with Crippen LogP contribution in [0.3, 0.4) is 0 Å². The van der Waals surface area contributed by atoms with Gasteiger partial charge in [0.2, 0.25) is 0 Å². The second kappa shape index (κ2) is 9.00. The zero-order valence-corrected chi connectivity index (χ0v) is 9.54. The van der Waals surface area contributed by atoms with Gasteiger partial charge in [-0.05, 0) is 19.3 Å². The molecular weight excluding hydrogens is 180 g/mol. The number of rotatable bonds is 8. The SMILES string of the molecule is CCCC[C@@H](CCCC(=O)OC)OC. The van der Waals surface area contributed by atoms with Crippen LogP contribution in [-0.2, 0) is 14.3 Å². The van der Waals surface area contributed by atoms with Crippen LogP contribution in [0.4, 0.5) is 0 Å². The van der Waals surface area contributed by atoms with E-state index in [2.05, 4.69) is 11.7 Å². The molecule has 0 unspecified atom stereocenters. The molecule has 14 heavy (non-hydrogen) atoms. The normalized spacial score (nSPS) is 12.5. The second-order valence-corrected chi connectivity index (χ2v) is 3.47. The Hall–Kier alpha value is -0.570. The van der Waals surface area contributed by atoms with E-state index < -0.39 is 0 Å². The van der Waals surface area contributed by atoms with Crippen LogP contribution in [0.1, 0.15) is 45.4 Å². The molecule has 0 radical (unpaired) electrons. The fourth-order valence-electron chi connectivity index (χ4n) is 1.39. The van der Waals surface area contributed by atoms with Gasteiger partial charge in [-0.2, -0.15) is 0 Å². The molecule has 0 aliphatic rings. The number of hydrogen-bond acceptors (Lipinski definition) is 3. The zero-order valence-electron chi connectivity index (χ0n) is 9.54. The van der Waals surface area contributed by atoms with Crippen molar-refractivity contribution in [1.82, 2.24) is 0 Å². The van der Waals surface area contributed by atoms with Crippen LogP contribution in [-0.4, -0.2) is 26.3 Å². The van der Waals surface area contributed by atoms with E-state index in [1.807, 2.05) is 0 Å². The average molecular weight is 202 g/mol. The third kappa shape index (κ3) is 6.89. The molecule has 0 bridgehead atoms. The Labute approximate surface area is 86.8 Å². The molecule has 0 aliphatic carbocycles. The molecule has 3 nitrogen and oxygen atoms in total. The van der Waals surface area contributed by atoms with Gasteiger partial charge in [-0.25, -0.2) is 0 Å². The maximum atomic E-state index is 10.8. The predicted octanol–water partition coefficient (Wildman–Crippen LogP) is 2.53.